The minimum atomic E-state index is -0.609. The predicted octanol–water partition coefficient (Wildman–Crippen LogP) is 1.19. The van der Waals surface area contributed by atoms with Gasteiger partial charge in [0.25, 0.3) is 5.95 Å². The Bertz CT molecular complexity index is 190. The molecule has 0 bridgehead atoms. The molecule has 0 spiro atoms. The zero-order chi connectivity index (χ0) is 5.11. The van der Waals surface area contributed by atoms with Crippen molar-refractivity contribution in [2.45, 2.75) is 0 Å². The molecule has 0 aromatic carbocycles. The molecule has 0 radical (unpaired) electrons. The molecule has 0 saturated carbocycles. The average Bonchev–Trinajstić information content (AvgIpc) is 1.69. The van der Waals surface area contributed by atoms with Crippen LogP contribution in [0, 0.1) is 0 Å². The molecule has 2 heteroatoms. The SMILES string of the molecule is FC1=C=C=CC=N1. The van der Waals surface area contributed by atoms with E-state index in [-0.39, 0.29) is 0 Å². The molecule has 1 rings (SSSR count). The van der Waals surface area contributed by atoms with E-state index in [1.807, 2.05) is 0 Å². The fraction of sp³-hybridized carbons (Fsp3) is 0. The van der Waals surface area contributed by atoms with Crippen LogP contribution in [-0.2, 0) is 0 Å². The van der Waals surface area contributed by atoms with E-state index in [1.54, 1.807) is 0 Å². The van der Waals surface area contributed by atoms with E-state index >= 15 is 0 Å². The second-order valence-corrected chi connectivity index (χ2v) is 1.00. The largest absolute Gasteiger partial charge is 0.264 e. The van der Waals surface area contributed by atoms with Crippen LogP contribution in [0.1, 0.15) is 0 Å². The fourth-order valence-corrected chi connectivity index (χ4v) is 0.273. The highest BCUT2D eigenvalue weighted by Crippen LogP contribution is 1.94. The Hall–Kier alpha value is -1.10. The maximum absolute atomic E-state index is 11.7. The summed E-state index contributed by atoms with van der Waals surface area (Å²) in [5.74, 6) is -0.609. The minimum Gasteiger partial charge on any atom is -0.220 e. The van der Waals surface area contributed by atoms with Crippen LogP contribution in [0.4, 0.5) is 4.39 Å². The van der Waals surface area contributed by atoms with Gasteiger partial charge in [0.15, 0.2) is 0 Å². The Labute approximate surface area is 40.2 Å². The lowest BCUT2D eigenvalue weighted by Crippen LogP contribution is -1.67. The van der Waals surface area contributed by atoms with Crippen LogP contribution in [0.15, 0.2) is 28.5 Å². The number of nitrogens with zero attached hydrogens (tertiary/aromatic N) is 1. The van der Waals surface area contributed by atoms with Crippen molar-refractivity contribution in [1.82, 2.24) is 0 Å². The summed E-state index contributed by atoms with van der Waals surface area (Å²) in [4.78, 5) is 3.23. The molecule has 1 heterocycles. The lowest BCUT2D eigenvalue weighted by molar-refractivity contribution is 0.631. The Balaban J connectivity index is 3.14. The lowest BCUT2D eigenvalue weighted by Gasteiger charge is -1.77. The summed E-state index contributed by atoms with van der Waals surface area (Å²) in [6.45, 7) is 0. The third-order valence-corrected chi connectivity index (χ3v) is 0.521. The third kappa shape index (κ3) is 0.866. The van der Waals surface area contributed by atoms with Crippen molar-refractivity contribution < 1.29 is 4.39 Å². The van der Waals surface area contributed by atoms with Crippen molar-refractivity contribution in [1.29, 1.82) is 0 Å². The Morgan fingerprint density at radius 2 is 2.57 bits per heavy atom. The van der Waals surface area contributed by atoms with Gasteiger partial charge in [-0.05, 0) is 5.73 Å². The highest BCUT2D eigenvalue weighted by atomic mass is 19.1. The van der Waals surface area contributed by atoms with Crippen LogP contribution in [0.25, 0.3) is 0 Å². The maximum atomic E-state index is 11.7. The van der Waals surface area contributed by atoms with E-state index in [0.717, 1.165) is 0 Å². The topological polar surface area (TPSA) is 12.4 Å². The summed E-state index contributed by atoms with van der Waals surface area (Å²) in [5, 5.41) is 0. The summed E-state index contributed by atoms with van der Waals surface area (Å²) >= 11 is 0. The van der Waals surface area contributed by atoms with Gasteiger partial charge in [0.2, 0.25) is 0 Å². The van der Waals surface area contributed by atoms with Gasteiger partial charge in [0, 0.05) is 12.3 Å². The van der Waals surface area contributed by atoms with Crippen molar-refractivity contribution in [3.05, 3.63) is 23.5 Å². The van der Waals surface area contributed by atoms with Gasteiger partial charge in [-0.25, -0.2) is 4.99 Å². The maximum Gasteiger partial charge on any atom is 0.264 e. The first-order chi connectivity index (χ1) is 3.39. The summed E-state index contributed by atoms with van der Waals surface area (Å²) in [6.07, 6.45) is 2.81. The first-order valence-corrected chi connectivity index (χ1v) is 1.79. The molecule has 0 aromatic rings. The number of rotatable bonds is 0. The van der Waals surface area contributed by atoms with Crippen LogP contribution in [0.2, 0.25) is 0 Å². The van der Waals surface area contributed by atoms with Crippen molar-refractivity contribution in [2.75, 3.05) is 0 Å². The molecule has 0 aromatic heterocycles. The molecule has 1 aliphatic rings. The van der Waals surface area contributed by atoms with Crippen LogP contribution < -0.4 is 0 Å². The summed E-state index contributed by atoms with van der Waals surface area (Å²) in [7, 11) is 0. The molecular weight excluding hydrogens is 93.1 g/mol. The molecule has 0 unspecified atom stereocenters. The molecule has 0 fully saturated rings. The number of hydrogen-bond donors (Lipinski definition) is 0. The van der Waals surface area contributed by atoms with Crippen molar-refractivity contribution in [2.24, 2.45) is 4.99 Å². The zero-order valence-corrected chi connectivity index (χ0v) is 3.48. The molecule has 1 nitrogen and oxygen atoms in total. The monoisotopic (exact) mass is 95.0 g/mol. The summed E-state index contributed by atoms with van der Waals surface area (Å²) in [6, 6.07) is 0. The summed E-state index contributed by atoms with van der Waals surface area (Å²) < 4.78 is 11.7. The van der Waals surface area contributed by atoms with E-state index in [4.69, 9.17) is 0 Å². The predicted molar refractivity (Wildman–Crippen MR) is 24.7 cm³/mol. The molecular formula is C5H2FN. The molecule has 0 aliphatic carbocycles. The zero-order valence-electron chi connectivity index (χ0n) is 3.48. The van der Waals surface area contributed by atoms with E-state index in [0.29, 0.717) is 0 Å². The molecule has 0 atom stereocenters. The number of halogens is 1. The normalized spacial score (nSPS) is 14.7. The van der Waals surface area contributed by atoms with Crippen LogP contribution >= 0.6 is 0 Å². The van der Waals surface area contributed by atoms with E-state index in [9.17, 15) is 4.39 Å². The number of allylic oxidation sites excluding steroid dienone is 1. The molecule has 7 heavy (non-hydrogen) atoms. The van der Waals surface area contributed by atoms with Crippen LogP contribution in [0.3, 0.4) is 0 Å². The number of aliphatic imine (C=N–C) groups is 1. The van der Waals surface area contributed by atoms with Gasteiger partial charge in [-0.3, -0.25) is 0 Å². The molecule has 0 amide bonds. The van der Waals surface area contributed by atoms with Gasteiger partial charge >= 0.3 is 0 Å². The van der Waals surface area contributed by atoms with Gasteiger partial charge in [-0.15, -0.1) is 0 Å². The molecule has 34 valence electrons. The van der Waals surface area contributed by atoms with Gasteiger partial charge in [0.1, 0.15) is 0 Å². The Morgan fingerprint density at radius 1 is 1.71 bits per heavy atom. The van der Waals surface area contributed by atoms with Crippen molar-refractivity contribution in [3.8, 4) is 0 Å². The molecule has 1 aliphatic heterocycles. The second kappa shape index (κ2) is 1.57. The summed E-state index contributed by atoms with van der Waals surface area (Å²) in [5.41, 5.74) is 4.53. The number of hydrogen-bond acceptors (Lipinski definition) is 1. The quantitative estimate of drug-likeness (QED) is 0.316. The van der Waals surface area contributed by atoms with Gasteiger partial charge < -0.3 is 0 Å². The van der Waals surface area contributed by atoms with Gasteiger partial charge in [-0.2, -0.15) is 4.39 Å². The Kier molecular flexibility index (Phi) is 0.910. The van der Waals surface area contributed by atoms with Gasteiger partial charge in [-0.1, -0.05) is 5.73 Å². The van der Waals surface area contributed by atoms with E-state index < -0.39 is 5.95 Å². The smallest absolute Gasteiger partial charge is 0.220 e. The lowest BCUT2D eigenvalue weighted by atomic mass is 10.6. The molecule has 0 N–H and O–H groups in total. The van der Waals surface area contributed by atoms with Crippen LogP contribution in [0.5, 0.6) is 0 Å². The third-order valence-electron chi connectivity index (χ3n) is 0.521. The highest BCUT2D eigenvalue weighted by Gasteiger charge is 1.81. The second-order valence-electron chi connectivity index (χ2n) is 1.00. The fourth-order valence-electron chi connectivity index (χ4n) is 0.273. The average molecular weight is 95.1 g/mol. The van der Waals surface area contributed by atoms with E-state index in [2.05, 4.69) is 16.5 Å². The standard InChI is InChI=1S/C5H2FN/c6-5-3-1-2-4-7-5/h2,4H. The highest BCUT2D eigenvalue weighted by molar-refractivity contribution is 5.72. The first-order valence-electron chi connectivity index (χ1n) is 1.79. The van der Waals surface area contributed by atoms with Crippen molar-refractivity contribution in [3.63, 3.8) is 0 Å². The van der Waals surface area contributed by atoms with Gasteiger partial charge in [0.05, 0.1) is 0 Å². The van der Waals surface area contributed by atoms with Crippen LogP contribution in [-0.4, -0.2) is 6.21 Å². The Morgan fingerprint density at radius 3 is 2.86 bits per heavy atom. The van der Waals surface area contributed by atoms with E-state index in [1.165, 1.54) is 12.3 Å². The van der Waals surface area contributed by atoms with Crippen molar-refractivity contribution >= 4 is 6.21 Å². The molecule has 0 saturated heterocycles. The first kappa shape index (κ1) is 4.07. The minimum absolute atomic E-state index is 0.609.